The zero-order valence-corrected chi connectivity index (χ0v) is 9.26. The first-order chi connectivity index (χ1) is 6.86. The van der Waals surface area contributed by atoms with E-state index in [0.717, 1.165) is 18.2 Å². The van der Waals surface area contributed by atoms with Crippen molar-refractivity contribution in [2.75, 3.05) is 13.1 Å². The van der Waals surface area contributed by atoms with Gasteiger partial charge in [0.15, 0.2) is 5.16 Å². The van der Waals surface area contributed by atoms with Crippen molar-refractivity contribution in [1.82, 2.24) is 20.1 Å². The van der Waals surface area contributed by atoms with Crippen LogP contribution in [0.1, 0.15) is 19.3 Å². The molecule has 78 valence electrons. The fourth-order valence-electron chi connectivity index (χ4n) is 1.63. The summed E-state index contributed by atoms with van der Waals surface area (Å²) >= 11 is 1.84. The summed E-state index contributed by atoms with van der Waals surface area (Å²) in [5.74, 6) is 0. The van der Waals surface area contributed by atoms with Crippen molar-refractivity contribution in [3.8, 4) is 0 Å². The summed E-state index contributed by atoms with van der Waals surface area (Å²) in [5, 5.41) is 9.20. The van der Waals surface area contributed by atoms with E-state index in [2.05, 4.69) is 15.4 Å². The van der Waals surface area contributed by atoms with Crippen molar-refractivity contribution in [2.24, 2.45) is 7.05 Å². The van der Waals surface area contributed by atoms with Gasteiger partial charge in [0.2, 0.25) is 0 Å². The van der Waals surface area contributed by atoms with Crippen LogP contribution in [-0.4, -0.2) is 33.1 Å². The molecule has 4 nitrogen and oxygen atoms in total. The molecule has 1 aromatic rings. The van der Waals surface area contributed by atoms with Crippen LogP contribution in [-0.2, 0) is 7.05 Å². The van der Waals surface area contributed by atoms with Gasteiger partial charge in [-0.2, -0.15) is 5.10 Å². The second-order valence-electron chi connectivity index (χ2n) is 3.61. The van der Waals surface area contributed by atoms with Gasteiger partial charge < -0.3 is 5.32 Å². The Kier molecular flexibility index (Phi) is 3.42. The van der Waals surface area contributed by atoms with Crippen LogP contribution in [0.4, 0.5) is 0 Å². The van der Waals surface area contributed by atoms with Crippen LogP contribution >= 0.6 is 11.8 Å². The Morgan fingerprint density at radius 2 is 2.50 bits per heavy atom. The number of hydrogen-bond acceptors (Lipinski definition) is 4. The van der Waals surface area contributed by atoms with Gasteiger partial charge in [0.05, 0.1) is 0 Å². The van der Waals surface area contributed by atoms with Crippen molar-refractivity contribution >= 4 is 11.8 Å². The lowest BCUT2D eigenvalue weighted by Crippen LogP contribution is -2.22. The SMILES string of the molecule is Cn1ncnc1SC1CCCCNC1. The quantitative estimate of drug-likeness (QED) is 0.795. The molecule has 0 bridgehead atoms. The highest BCUT2D eigenvalue weighted by atomic mass is 32.2. The van der Waals surface area contributed by atoms with Crippen molar-refractivity contribution in [2.45, 2.75) is 29.7 Å². The van der Waals surface area contributed by atoms with Crippen LogP contribution in [0.25, 0.3) is 0 Å². The Morgan fingerprint density at radius 1 is 1.57 bits per heavy atom. The minimum atomic E-state index is 0.653. The number of nitrogens with zero attached hydrogens (tertiary/aromatic N) is 3. The molecule has 0 saturated carbocycles. The minimum absolute atomic E-state index is 0.653. The monoisotopic (exact) mass is 212 g/mol. The predicted molar refractivity (Wildman–Crippen MR) is 57.4 cm³/mol. The summed E-state index contributed by atoms with van der Waals surface area (Å²) in [6, 6.07) is 0. The molecule has 2 heterocycles. The predicted octanol–water partition coefficient (Wildman–Crippen LogP) is 1.05. The van der Waals surface area contributed by atoms with Gasteiger partial charge in [0.25, 0.3) is 0 Å². The number of hydrogen-bond donors (Lipinski definition) is 1. The van der Waals surface area contributed by atoms with E-state index in [1.165, 1.54) is 19.3 Å². The Balaban J connectivity index is 1.92. The molecule has 14 heavy (non-hydrogen) atoms. The van der Waals surface area contributed by atoms with Crippen LogP contribution in [0, 0.1) is 0 Å². The molecule has 0 aromatic carbocycles. The lowest BCUT2D eigenvalue weighted by molar-refractivity contribution is 0.673. The highest BCUT2D eigenvalue weighted by Gasteiger charge is 2.15. The van der Waals surface area contributed by atoms with Gasteiger partial charge in [0.1, 0.15) is 6.33 Å². The van der Waals surface area contributed by atoms with Crippen LogP contribution in [0.2, 0.25) is 0 Å². The van der Waals surface area contributed by atoms with Gasteiger partial charge in [-0.3, -0.25) is 0 Å². The fourth-order valence-corrected chi connectivity index (χ4v) is 2.72. The molecule has 1 saturated heterocycles. The fraction of sp³-hybridized carbons (Fsp3) is 0.778. The maximum Gasteiger partial charge on any atom is 0.186 e. The third-order valence-electron chi connectivity index (χ3n) is 2.44. The molecule has 0 aliphatic carbocycles. The first-order valence-electron chi connectivity index (χ1n) is 5.07. The second-order valence-corrected chi connectivity index (χ2v) is 4.87. The molecule has 1 fully saturated rings. The number of aromatic nitrogens is 3. The van der Waals surface area contributed by atoms with E-state index in [1.807, 2.05) is 23.5 Å². The summed E-state index contributed by atoms with van der Waals surface area (Å²) in [6.45, 7) is 2.26. The topological polar surface area (TPSA) is 42.7 Å². The molecule has 0 radical (unpaired) electrons. The van der Waals surface area contributed by atoms with E-state index in [4.69, 9.17) is 0 Å². The van der Waals surface area contributed by atoms with Crippen LogP contribution < -0.4 is 5.32 Å². The molecule has 5 heteroatoms. The second kappa shape index (κ2) is 4.79. The van der Waals surface area contributed by atoms with E-state index < -0.39 is 0 Å². The number of nitrogens with one attached hydrogen (secondary N) is 1. The van der Waals surface area contributed by atoms with Crippen molar-refractivity contribution < 1.29 is 0 Å². The Bertz CT molecular complexity index is 278. The number of aryl methyl sites for hydroxylation is 1. The third-order valence-corrected chi connectivity index (χ3v) is 3.76. The Hall–Kier alpha value is -0.550. The first-order valence-corrected chi connectivity index (χ1v) is 5.95. The molecule has 1 atom stereocenters. The van der Waals surface area contributed by atoms with Gasteiger partial charge in [-0.05, 0) is 19.4 Å². The summed E-state index contributed by atoms with van der Waals surface area (Å²) < 4.78 is 1.84. The molecule has 1 unspecified atom stereocenters. The molecular weight excluding hydrogens is 196 g/mol. The Morgan fingerprint density at radius 3 is 3.29 bits per heavy atom. The van der Waals surface area contributed by atoms with Crippen LogP contribution in [0.3, 0.4) is 0 Å². The normalized spacial score (nSPS) is 23.4. The van der Waals surface area contributed by atoms with Crippen molar-refractivity contribution in [3.63, 3.8) is 0 Å². The first kappa shape index (κ1) is 9.98. The zero-order valence-electron chi connectivity index (χ0n) is 8.44. The van der Waals surface area contributed by atoms with Crippen LogP contribution in [0.5, 0.6) is 0 Å². The molecule has 2 rings (SSSR count). The van der Waals surface area contributed by atoms with Crippen molar-refractivity contribution in [3.05, 3.63) is 6.33 Å². The maximum absolute atomic E-state index is 4.23. The minimum Gasteiger partial charge on any atom is -0.316 e. The summed E-state index contributed by atoms with van der Waals surface area (Å²) in [4.78, 5) is 4.23. The number of thioether (sulfide) groups is 1. The van der Waals surface area contributed by atoms with E-state index in [9.17, 15) is 0 Å². The van der Waals surface area contributed by atoms with E-state index in [0.29, 0.717) is 5.25 Å². The maximum atomic E-state index is 4.23. The van der Waals surface area contributed by atoms with E-state index >= 15 is 0 Å². The molecule has 0 amide bonds. The zero-order chi connectivity index (χ0) is 9.80. The summed E-state index contributed by atoms with van der Waals surface area (Å²) in [6.07, 6.45) is 5.52. The van der Waals surface area contributed by atoms with E-state index in [-0.39, 0.29) is 0 Å². The van der Waals surface area contributed by atoms with Crippen LogP contribution in [0.15, 0.2) is 11.5 Å². The molecule has 0 spiro atoms. The average Bonchev–Trinajstić information content (AvgIpc) is 2.44. The third kappa shape index (κ3) is 2.48. The van der Waals surface area contributed by atoms with Gasteiger partial charge in [-0.15, -0.1) is 0 Å². The largest absolute Gasteiger partial charge is 0.316 e. The smallest absolute Gasteiger partial charge is 0.186 e. The van der Waals surface area contributed by atoms with E-state index in [1.54, 1.807) is 6.33 Å². The van der Waals surface area contributed by atoms with Gasteiger partial charge in [0, 0.05) is 18.8 Å². The molecule has 1 aliphatic rings. The van der Waals surface area contributed by atoms with Gasteiger partial charge >= 0.3 is 0 Å². The van der Waals surface area contributed by atoms with Crippen molar-refractivity contribution in [1.29, 1.82) is 0 Å². The standard InChI is InChI=1S/C9H16N4S/c1-13-9(11-7-12-13)14-8-4-2-3-5-10-6-8/h7-8,10H,2-6H2,1H3. The lowest BCUT2D eigenvalue weighted by atomic mass is 10.2. The lowest BCUT2D eigenvalue weighted by Gasteiger charge is -2.12. The highest BCUT2D eigenvalue weighted by Crippen LogP contribution is 2.24. The number of rotatable bonds is 2. The average molecular weight is 212 g/mol. The molecule has 1 N–H and O–H groups in total. The molecular formula is C9H16N4S. The summed E-state index contributed by atoms with van der Waals surface area (Å²) in [7, 11) is 1.94. The highest BCUT2D eigenvalue weighted by molar-refractivity contribution is 7.99. The summed E-state index contributed by atoms with van der Waals surface area (Å²) in [5.41, 5.74) is 0. The Labute approximate surface area is 88.5 Å². The molecule has 1 aliphatic heterocycles. The molecule has 1 aromatic heterocycles. The van der Waals surface area contributed by atoms with Gasteiger partial charge in [-0.1, -0.05) is 18.2 Å². The van der Waals surface area contributed by atoms with Gasteiger partial charge in [-0.25, -0.2) is 9.67 Å².